The largest absolute Gasteiger partial charge is 0.466 e. The minimum absolute atomic E-state index is 0.221. The Morgan fingerprint density at radius 2 is 1.85 bits per heavy atom. The molecule has 0 bridgehead atoms. The van der Waals surface area contributed by atoms with Gasteiger partial charge in [-0.25, -0.2) is 9.50 Å². The second-order valence-corrected chi connectivity index (χ2v) is 6.65. The van der Waals surface area contributed by atoms with E-state index in [0.29, 0.717) is 23.5 Å². The zero-order chi connectivity index (χ0) is 19.7. The highest BCUT2D eigenvalue weighted by Crippen LogP contribution is 2.17. The number of amides is 2. The minimum atomic E-state index is -0.403. The molecule has 3 aromatic rings. The number of hydrogen-bond acceptors (Lipinski definition) is 5. The molecular formula is C19H23N5O3. The number of carbonyl (C=O) groups is 2. The van der Waals surface area contributed by atoms with Gasteiger partial charge in [0.25, 0.3) is 5.91 Å². The number of furan rings is 1. The second-order valence-electron chi connectivity index (χ2n) is 6.65. The summed E-state index contributed by atoms with van der Waals surface area (Å²) in [6, 6.07) is 3.56. The van der Waals surface area contributed by atoms with E-state index in [1.165, 1.54) is 0 Å². The number of hydrazine groups is 1. The van der Waals surface area contributed by atoms with Crippen molar-refractivity contribution < 1.29 is 14.0 Å². The molecule has 0 spiro atoms. The van der Waals surface area contributed by atoms with Crippen LogP contribution in [0.15, 0.2) is 16.5 Å². The van der Waals surface area contributed by atoms with Crippen LogP contribution < -0.4 is 10.9 Å². The van der Waals surface area contributed by atoms with Crippen LogP contribution in [0, 0.1) is 34.6 Å². The molecule has 3 aromatic heterocycles. The van der Waals surface area contributed by atoms with Gasteiger partial charge in [0, 0.05) is 23.9 Å². The summed E-state index contributed by atoms with van der Waals surface area (Å²) in [4.78, 5) is 28.8. The summed E-state index contributed by atoms with van der Waals surface area (Å²) >= 11 is 0. The van der Waals surface area contributed by atoms with E-state index < -0.39 is 5.91 Å². The first kappa shape index (κ1) is 18.6. The van der Waals surface area contributed by atoms with E-state index in [2.05, 4.69) is 20.9 Å². The van der Waals surface area contributed by atoms with Gasteiger partial charge in [0.2, 0.25) is 5.91 Å². The summed E-state index contributed by atoms with van der Waals surface area (Å²) in [5.41, 5.74) is 9.79. The van der Waals surface area contributed by atoms with Gasteiger partial charge in [-0.2, -0.15) is 5.10 Å². The normalized spacial score (nSPS) is 11.0. The Morgan fingerprint density at radius 3 is 2.52 bits per heavy atom. The fraction of sp³-hybridized carbons (Fsp3) is 0.368. The van der Waals surface area contributed by atoms with Crippen LogP contribution in [-0.4, -0.2) is 26.4 Å². The van der Waals surface area contributed by atoms with Gasteiger partial charge in [0.1, 0.15) is 11.5 Å². The summed E-state index contributed by atoms with van der Waals surface area (Å²) in [6.45, 7) is 9.28. The molecule has 8 heteroatoms. The van der Waals surface area contributed by atoms with Gasteiger partial charge in [-0.1, -0.05) is 0 Å². The summed E-state index contributed by atoms with van der Waals surface area (Å²) in [7, 11) is 0. The first-order valence-corrected chi connectivity index (χ1v) is 8.75. The average Bonchev–Trinajstić information content (AvgIpc) is 3.13. The first-order chi connectivity index (χ1) is 12.8. The van der Waals surface area contributed by atoms with Gasteiger partial charge >= 0.3 is 0 Å². The lowest BCUT2D eigenvalue weighted by Crippen LogP contribution is -2.41. The monoisotopic (exact) mass is 369 g/mol. The molecule has 142 valence electrons. The third-order valence-corrected chi connectivity index (χ3v) is 4.49. The fourth-order valence-electron chi connectivity index (χ4n) is 3.15. The van der Waals surface area contributed by atoms with E-state index in [1.807, 2.05) is 26.8 Å². The Labute approximate surface area is 156 Å². The molecule has 0 unspecified atom stereocenters. The number of aryl methyl sites for hydroxylation is 5. The Kier molecular flexibility index (Phi) is 4.98. The van der Waals surface area contributed by atoms with Crippen LogP contribution in [0.5, 0.6) is 0 Å². The van der Waals surface area contributed by atoms with Crippen molar-refractivity contribution in [2.75, 3.05) is 0 Å². The van der Waals surface area contributed by atoms with E-state index in [4.69, 9.17) is 4.42 Å². The van der Waals surface area contributed by atoms with Crippen molar-refractivity contribution in [1.29, 1.82) is 0 Å². The molecule has 8 nitrogen and oxygen atoms in total. The standard InChI is InChI=1S/C19H23N5O3/c1-10-8-17-20-12(3)15(13(4)24(17)23-10)6-7-18(25)21-22-19(26)16-9-11(2)27-14(16)5/h8-9H,6-7H2,1-5H3,(H,21,25)(H,22,26). The van der Waals surface area contributed by atoms with E-state index in [-0.39, 0.29) is 12.3 Å². The van der Waals surface area contributed by atoms with Gasteiger partial charge in [-0.3, -0.25) is 20.4 Å². The fourth-order valence-corrected chi connectivity index (χ4v) is 3.15. The topological polar surface area (TPSA) is 102 Å². The molecule has 0 aliphatic carbocycles. The summed E-state index contributed by atoms with van der Waals surface area (Å²) in [5.74, 6) is 0.475. The third kappa shape index (κ3) is 3.84. The van der Waals surface area contributed by atoms with Crippen LogP contribution in [0.25, 0.3) is 5.65 Å². The summed E-state index contributed by atoms with van der Waals surface area (Å²) in [5, 5.41) is 4.43. The molecule has 0 radical (unpaired) electrons. The van der Waals surface area contributed by atoms with Crippen LogP contribution in [0.1, 0.15) is 50.9 Å². The van der Waals surface area contributed by atoms with E-state index in [0.717, 1.165) is 28.3 Å². The Hall–Kier alpha value is -3.16. The first-order valence-electron chi connectivity index (χ1n) is 8.75. The molecule has 3 heterocycles. The molecule has 0 saturated carbocycles. The number of hydrogen-bond donors (Lipinski definition) is 2. The number of nitrogens with one attached hydrogen (secondary N) is 2. The van der Waals surface area contributed by atoms with E-state index >= 15 is 0 Å². The van der Waals surface area contributed by atoms with Crippen molar-refractivity contribution >= 4 is 17.5 Å². The quantitative estimate of drug-likeness (QED) is 0.687. The molecule has 0 atom stereocenters. The Bertz CT molecular complexity index is 1030. The van der Waals surface area contributed by atoms with Crippen molar-refractivity contribution in [3.8, 4) is 0 Å². The lowest BCUT2D eigenvalue weighted by atomic mass is 10.1. The second kappa shape index (κ2) is 7.22. The molecular weight excluding hydrogens is 346 g/mol. The molecule has 0 saturated heterocycles. The molecule has 3 rings (SSSR count). The number of rotatable bonds is 4. The molecule has 0 fully saturated rings. The van der Waals surface area contributed by atoms with E-state index in [1.54, 1.807) is 24.4 Å². The molecule has 0 aliphatic heterocycles. The van der Waals surface area contributed by atoms with Crippen molar-refractivity contribution in [1.82, 2.24) is 25.4 Å². The third-order valence-electron chi connectivity index (χ3n) is 4.49. The van der Waals surface area contributed by atoms with Gasteiger partial charge in [0.15, 0.2) is 5.65 Å². The minimum Gasteiger partial charge on any atom is -0.466 e. The Balaban J connectivity index is 1.61. The maximum atomic E-state index is 12.1. The van der Waals surface area contributed by atoms with Crippen molar-refractivity contribution in [2.24, 2.45) is 0 Å². The highest BCUT2D eigenvalue weighted by atomic mass is 16.3. The number of aromatic nitrogens is 3. The predicted octanol–water partition coefficient (Wildman–Crippen LogP) is 2.26. The van der Waals surface area contributed by atoms with E-state index in [9.17, 15) is 9.59 Å². The van der Waals surface area contributed by atoms with Crippen LogP contribution in [0.3, 0.4) is 0 Å². The van der Waals surface area contributed by atoms with Gasteiger partial charge < -0.3 is 4.42 Å². The zero-order valence-electron chi connectivity index (χ0n) is 16.1. The van der Waals surface area contributed by atoms with Gasteiger partial charge in [0.05, 0.1) is 11.3 Å². The van der Waals surface area contributed by atoms with Crippen LogP contribution in [-0.2, 0) is 11.2 Å². The van der Waals surface area contributed by atoms with Crippen molar-refractivity contribution in [3.63, 3.8) is 0 Å². The Morgan fingerprint density at radius 1 is 1.11 bits per heavy atom. The van der Waals surface area contributed by atoms with Crippen LogP contribution >= 0.6 is 0 Å². The molecule has 27 heavy (non-hydrogen) atoms. The van der Waals surface area contributed by atoms with Gasteiger partial charge in [-0.05, 0) is 52.7 Å². The molecule has 2 amide bonds. The van der Waals surface area contributed by atoms with Crippen LogP contribution in [0.4, 0.5) is 0 Å². The smallest absolute Gasteiger partial charge is 0.273 e. The highest BCUT2D eigenvalue weighted by Gasteiger charge is 2.15. The highest BCUT2D eigenvalue weighted by molar-refractivity contribution is 5.96. The average molecular weight is 369 g/mol. The number of fused-ring (bicyclic) bond motifs is 1. The SMILES string of the molecule is Cc1cc2nc(C)c(CCC(=O)NNC(=O)c3cc(C)oc3C)c(C)n2n1. The van der Waals surface area contributed by atoms with Crippen LogP contribution in [0.2, 0.25) is 0 Å². The van der Waals surface area contributed by atoms with Gasteiger partial charge in [-0.15, -0.1) is 0 Å². The summed E-state index contributed by atoms with van der Waals surface area (Å²) in [6.07, 6.45) is 0.726. The molecule has 0 aliphatic rings. The predicted molar refractivity (Wildman–Crippen MR) is 99.3 cm³/mol. The number of nitrogens with zero attached hydrogens (tertiary/aromatic N) is 3. The lowest BCUT2D eigenvalue weighted by molar-refractivity contribution is -0.121. The molecule has 0 aromatic carbocycles. The maximum Gasteiger partial charge on any atom is 0.273 e. The lowest BCUT2D eigenvalue weighted by Gasteiger charge is -2.11. The number of carbonyl (C=O) groups excluding carboxylic acids is 2. The molecule has 2 N–H and O–H groups in total. The zero-order valence-corrected chi connectivity index (χ0v) is 16.1. The summed E-state index contributed by atoms with van der Waals surface area (Å²) < 4.78 is 7.12. The maximum absolute atomic E-state index is 12.1. The van der Waals surface area contributed by atoms with Crippen molar-refractivity contribution in [3.05, 3.63) is 51.9 Å². The van der Waals surface area contributed by atoms with Crippen molar-refractivity contribution in [2.45, 2.75) is 47.5 Å².